The highest BCUT2D eigenvalue weighted by Gasteiger charge is 2.13. The molecule has 0 unspecified atom stereocenters. The molecule has 0 radical (unpaired) electrons. The molecule has 2 aromatic carbocycles. The Labute approximate surface area is 159 Å². The second-order valence-electron chi connectivity index (χ2n) is 5.36. The SMILES string of the molecule is COc1cc(Cl)ccc1C(=O)NCCC(=O)Nc1cc(Br)ccc1C. The maximum absolute atomic E-state index is 12.2. The number of anilines is 1. The van der Waals surface area contributed by atoms with Gasteiger partial charge in [-0.2, -0.15) is 0 Å². The predicted octanol–water partition coefficient (Wildman–Crippen LogP) is 4.18. The second-order valence-corrected chi connectivity index (χ2v) is 6.71. The largest absolute Gasteiger partial charge is 0.496 e. The Balaban J connectivity index is 1.89. The molecule has 2 aromatic rings. The van der Waals surface area contributed by atoms with Gasteiger partial charge in [0, 0.05) is 28.1 Å². The summed E-state index contributed by atoms with van der Waals surface area (Å²) in [4.78, 5) is 24.2. The number of hydrogen-bond acceptors (Lipinski definition) is 3. The van der Waals surface area contributed by atoms with Gasteiger partial charge in [-0.1, -0.05) is 33.6 Å². The third kappa shape index (κ3) is 5.47. The standard InChI is InChI=1S/C18H18BrClN2O3/c1-11-3-4-12(19)9-15(11)22-17(23)7-8-21-18(24)14-6-5-13(20)10-16(14)25-2/h3-6,9-10H,7-8H2,1-2H3,(H,21,24)(H,22,23). The zero-order valence-corrected chi connectivity index (χ0v) is 16.2. The number of benzene rings is 2. The van der Waals surface area contributed by atoms with E-state index in [1.807, 2.05) is 25.1 Å². The van der Waals surface area contributed by atoms with Gasteiger partial charge in [-0.15, -0.1) is 0 Å². The van der Waals surface area contributed by atoms with Crippen LogP contribution in [0, 0.1) is 6.92 Å². The van der Waals surface area contributed by atoms with Crippen molar-refractivity contribution in [2.45, 2.75) is 13.3 Å². The number of amides is 2. The van der Waals surface area contributed by atoms with Gasteiger partial charge in [-0.25, -0.2) is 0 Å². The van der Waals surface area contributed by atoms with Gasteiger partial charge in [-0.05, 0) is 42.8 Å². The van der Waals surface area contributed by atoms with Crippen LogP contribution in [0.2, 0.25) is 5.02 Å². The molecule has 7 heteroatoms. The number of halogens is 2. The van der Waals surface area contributed by atoms with Gasteiger partial charge in [0.05, 0.1) is 12.7 Å². The van der Waals surface area contributed by atoms with Crippen LogP contribution in [-0.2, 0) is 4.79 Å². The average molecular weight is 426 g/mol. The van der Waals surface area contributed by atoms with Crippen molar-refractivity contribution in [3.05, 3.63) is 57.0 Å². The molecule has 2 N–H and O–H groups in total. The number of hydrogen-bond donors (Lipinski definition) is 2. The van der Waals surface area contributed by atoms with Gasteiger partial charge < -0.3 is 15.4 Å². The molecule has 0 aliphatic carbocycles. The van der Waals surface area contributed by atoms with Gasteiger partial charge >= 0.3 is 0 Å². The van der Waals surface area contributed by atoms with Crippen LogP contribution in [0.1, 0.15) is 22.3 Å². The summed E-state index contributed by atoms with van der Waals surface area (Å²) >= 11 is 9.25. The summed E-state index contributed by atoms with van der Waals surface area (Å²) in [5.74, 6) is -0.108. The van der Waals surface area contributed by atoms with Crippen molar-refractivity contribution >= 4 is 45.0 Å². The lowest BCUT2D eigenvalue weighted by atomic mass is 10.2. The van der Waals surface area contributed by atoms with Crippen molar-refractivity contribution in [2.75, 3.05) is 19.0 Å². The predicted molar refractivity (Wildman–Crippen MR) is 102 cm³/mol. The van der Waals surface area contributed by atoms with E-state index in [1.165, 1.54) is 7.11 Å². The monoisotopic (exact) mass is 424 g/mol. The van der Waals surface area contributed by atoms with E-state index in [9.17, 15) is 9.59 Å². The molecule has 0 saturated heterocycles. The Morgan fingerprint density at radius 2 is 1.96 bits per heavy atom. The van der Waals surface area contributed by atoms with Crippen LogP contribution >= 0.6 is 27.5 Å². The van der Waals surface area contributed by atoms with E-state index in [4.69, 9.17) is 16.3 Å². The molecule has 0 atom stereocenters. The third-order valence-corrected chi connectivity index (χ3v) is 4.25. The first-order valence-corrected chi connectivity index (χ1v) is 8.75. The van der Waals surface area contributed by atoms with E-state index >= 15 is 0 Å². The molecule has 25 heavy (non-hydrogen) atoms. The Kier molecular flexibility index (Phi) is 6.84. The van der Waals surface area contributed by atoms with Crippen LogP contribution in [0.3, 0.4) is 0 Å². The first kappa shape index (κ1) is 19.3. The number of carbonyl (C=O) groups is 2. The molecule has 2 amide bonds. The van der Waals surface area contributed by atoms with E-state index in [-0.39, 0.29) is 24.8 Å². The minimum absolute atomic E-state index is 0.160. The number of carbonyl (C=O) groups excluding carboxylic acids is 2. The summed E-state index contributed by atoms with van der Waals surface area (Å²) in [6.45, 7) is 2.13. The minimum atomic E-state index is -0.319. The number of rotatable bonds is 6. The first-order valence-electron chi connectivity index (χ1n) is 7.58. The van der Waals surface area contributed by atoms with Crippen LogP contribution in [0.15, 0.2) is 40.9 Å². The first-order chi connectivity index (χ1) is 11.9. The highest BCUT2D eigenvalue weighted by atomic mass is 79.9. The molecular weight excluding hydrogens is 408 g/mol. The summed E-state index contributed by atoms with van der Waals surface area (Å²) < 4.78 is 6.03. The molecule has 2 rings (SSSR count). The number of nitrogens with one attached hydrogen (secondary N) is 2. The van der Waals surface area contributed by atoms with Gasteiger partial charge in [0.2, 0.25) is 5.91 Å². The van der Waals surface area contributed by atoms with E-state index in [0.29, 0.717) is 16.3 Å². The van der Waals surface area contributed by atoms with Gasteiger partial charge in [0.15, 0.2) is 0 Å². The van der Waals surface area contributed by atoms with Crippen LogP contribution in [0.5, 0.6) is 5.75 Å². The third-order valence-electron chi connectivity index (χ3n) is 3.52. The molecule has 132 valence electrons. The lowest BCUT2D eigenvalue weighted by Crippen LogP contribution is -2.28. The maximum Gasteiger partial charge on any atom is 0.255 e. The van der Waals surface area contributed by atoms with Gasteiger partial charge in [-0.3, -0.25) is 9.59 Å². The molecule has 0 spiro atoms. The zero-order valence-electron chi connectivity index (χ0n) is 13.9. The highest BCUT2D eigenvalue weighted by molar-refractivity contribution is 9.10. The molecule has 0 aromatic heterocycles. The quantitative estimate of drug-likeness (QED) is 0.729. The number of methoxy groups -OCH3 is 1. The zero-order chi connectivity index (χ0) is 18.4. The molecular formula is C18H18BrClN2O3. The molecule has 0 aliphatic heterocycles. The summed E-state index contributed by atoms with van der Waals surface area (Å²) in [7, 11) is 1.47. The van der Waals surface area contributed by atoms with Crippen molar-refractivity contribution < 1.29 is 14.3 Å². The van der Waals surface area contributed by atoms with Crippen LogP contribution in [-0.4, -0.2) is 25.5 Å². The summed E-state index contributed by atoms with van der Waals surface area (Å²) in [5, 5.41) is 6.02. The average Bonchev–Trinajstić information content (AvgIpc) is 2.57. The van der Waals surface area contributed by atoms with Gasteiger partial charge in [0.25, 0.3) is 5.91 Å². The smallest absolute Gasteiger partial charge is 0.255 e. The topological polar surface area (TPSA) is 67.4 Å². The summed E-state index contributed by atoms with van der Waals surface area (Å²) in [5.41, 5.74) is 2.08. The Hall–Kier alpha value is -2.05. The Bertz CT molecular complexity index is 796. The molecule has 0 heterocycles. The molecule has 0 bridgehead atoms. The van der Waals surface area contributed by atoms with E-state index in [0.717, 1.165) is 15.7 Å². The molecule has 0 aliphatic rings. The van der Waals surface area contributed by atoms with E-state index in [1.54, 1.807) is 18.2 Å². The van der Waals surface area contributed by atoms with Crippen molar-refractivity contribution in [1.29, 1.82) is 0 Å². The highest BCUT2D eigenvalue weighted by Crippen LogP contribution is 2.23. The van der Waals surface area contributed by atoms with E-state index < -0.39 is 0 Å². The Morgan fingerprint density at radius 3 is 2.68 bits per heavy atom. The second kappa shape index (κ2) is 8.87. The van der Waals surface area contributed by atoms with Crippen molar-refractivity contribution in [1.82, 2.24) is 5.32 Å². The van der Waals surface area contributed by atoms with Gasteiger partial charge in [0.1, 0.15) is 5.75 Å². The molecule has 0 saturated carbocycles. The van der Waals surface area contributed by atoms with Crippen molar-refractivity contribution in [3.63, 3.8) is 0 Å². The van der Waals surface area contributed by atoms with E-state index in [2.05, 4.69) is 26.6 Å². The summed E-state index contributed by atoms with van der Waals surface area (Å²) in [6, 6.07) is 10.4. The summed E-state index contributed by atoms with van der Waals surface area (Å²) in [6.07, 6.45) is 0.160. The van der Waals surface area contributed by atoms with Crippen LogP contribution < -0.4 is 15.4 Å². The van der Waals surface area contributed by atoms with Crippen LogP contribution in [0.4, 0.5) is 5.69 Å². The fraction of sp³-hybridized carbons (Fsp3) is 0.222. The maximum atomic E-state index is 12.2. The number of aryl methyl sites for hydroxylation is 1. The van der Waals surface area contributed by atoms with Crippen LogP contribution in [0.25, 0.3) is 0 Å². The lowest BCUT2D eigenvalue weighted by Gasteiger charge is -2.11. The Morgan fingerprint density at radius 1 is 1.20 bits per heavy atom. The van der Waals surface area contributed by atoms with Crippen molar-refractivity contribution in [2.24, 2.45) is 0 Å². The molecule has 5 nitrogen and oxygen atoms in total. The van der Waals surface area contributed by atoms with Crippen molar-refractivity contribution in [3.8, 4) is 5.75 Å². The fourth-order valence-electron chi connectivity index (χ4n) is 2.18. The minimum Gasteiger partial charge on any atom is -0.496 e. The molecule has 0 fully saturated rings. The lowest BCUT2D eigenvalue weighted by molar-refractivity contribution is -0.116. The number of ether oxygens (including phenoxy) is 1. The normalized spacial score (nSPS) is 10.2. The fourth-order valence-corrected chi connectivity index (χ4v) is 2.70.